The van der Waals surface area contributed by atoms with Crippen LogP contribution in [0.3, 0.4) is 0 Å². The summed E-state index contributed by atoms with van der Waals surface area (Å²) in [4.78, 5) is 53.3. The highest BCUT2D eigenvalue weighted by Crippen LogP contribution is 2.35. The highest BCUT2D eigenvalue weighted by molar-refractivity contribution is 9.09. The van der Waals surface area contributed by atoms with Gasteiger partial charge in [-0.2, -0.15) is 15.3 Å². The van der Waals surface area contributed by atoms with E-state index in [0.717, 1.165) is 113 Å². The van der Waals surface area contributed by atoms with Crippen LogP contribution in [0.1, 0.15) is 145 Å². The van der Waals surface area contributed by atoms with Gasteiger partial charge in [-0.05, 0) is 101 Å². The molecule has 0 saturated heterocycles. The van der Waals surface area contributed by atoms with Gasteiger partial charge in [0.25, 0.3) is 0 Å². The Kier molecular flexibility index (Phi) is 32.5. The number of thiocarbonyl (C=S) groups is 1. The van der Waals surface area contributed by atoms with E-state index in [1.54, 1.807) is 110 Å². The van der Waals surface area contributed by atoms with Crippen molar-refractivity contribution in [2.45, 2.75) is 128 Å². The lowest BCUT2D eigenvalue weighted by Gasteiger charge is -2.13. The summed E-state index contributed by atoms with van der Waals surface area (Å²) in [6, 6.07) is 26.2. The van der Waals surface area contributed by atoms with Gasteiger partial charge in [-0.25, -0.2) is 39.3 Å². The van der Waals surface area contributed by atoms with Crippen LogP contribution in [0.5, 0.6) is 11.5 Å². The summed E-state index contributed by atoms with van der Waals surface area (Å²) < 4.78 is 38.3. The number of alkyl halides is 2. The molecule has 32 heteroatoms. The first kappa shape index (κ1) is 90.5. The van der Waals surface area contributed by atoms with Crippen molar-refractivity contribution in [2.24, 2.45) is 26.9 Å². The third-order valence-corrected chi connectivity index (χ3v) is 18.8. The lowest BCUT2D eigenvalue weighted by molar-refractivity contribution is 0.101. The summed E-state index contributed by atoms with van der Waals surface area (Å²) >= 11 is 14.1. The monoisotopic (exact) mass is 1710 g/mol. The zero-order valence-corrected chi connectivity index (χ0v) is 70.8. The van der Waals surface area contributed by atoms with Gasteiger partial charge in [-0.15, -0.1) is 22.7 Å². The molecule has 0 aliphatic carbocycles. The van der Waals surface area contributed by atoms with Crippen LogP contribution >= 0.6 is 66.8 Å². The minimum atomic E-state index is -0.316. The SMILES string of the molecule is C.C.CCO.COc1cc(-c2csc(Nc3cc(C(C)(C)C)nn3C)n2)ccc1-n1cnc(C)c1.COc1cc(C(=O)CBr)ccc1-n1cnc(C)c1.Cc1cn(-c2ccc(-c3csc(Nc4cc(C(C)(C)C)nn4C)n3)cc2F)cn1.Cc1cn(-c2ccc(C(=O)CBr)cn2)cn1.Cn1nc(C(C)(C)C)cc1NC(N)=S. The average Bonchev–Trinajstić information content (AvgIpc) is 1.67. The van der Waals surface area contributed by atoms with E-state index < -0.39 is 0 Å². The van der Waals surface area contributed by atoms with Gasteiger partial charge in [-0.3, -0.25) is 28.2 Å². The summed E-state index contributed by atoms with van der Waals surface area (Å²) in [5, 5.41) is 37.1. The molecular formula is C80H102Br2FN21O5S3. The van der Waals surface area contributed by atoms with Gasteiger partial charge in [0.2, 0.25) is 0 Å². The summed E-state index contributed by atoms with van der Waals surface area (Å²) in [6.07, 6.45) is 16.0. The molecule has 6 N–H and O–H groups in total. The smallest absolute Gasteiger partial charge is 0.188 e. The van der Waals surface area contributed by atoms with Crippen LogP contribution in [0.4, 0.5) is 32.1 Å². The zero-order chi connectivity index (χ0) is 80.5. The first-order valence-corrected chi connectivity index (χ1v) is 39.0. The Bertz CT molecular complexity index is 5240. The molecule has 0 saturated carbocycles. The quantitative estimate of drug-likeness (QED) is 0.0321. The van der Waals surface area contributed by atoms with E-state index in [-0.39, 0.29) is 60.2 Å². The minimum absolute atomic E-state index is 0. The number of aryl methyl sites for hydroxylation is 7. The normalized spacial score (nSPS) is 10.9. The maximum Gasteiger partial charge on any atom is 0.188 e. The van der Waals surface area contributed by atoms with Crippen molar-refractivity contribution in [3.8, 4) is 56.9 Å². The number of hydrogen-bond donors (Lipinski definition) is 5. The molecule has 0 aliphatic heterocycles. The molecule has 112 heavy (non-hydrogen) atoms. The topological polar surface area (TPSA) is 298 Å². The Morgan fingerprint density at radius 1 is 0.536 bits per heavy atom. The fraction of sp³-hybridized carbons (Fsp3) is 0.338. The Morgan fingerprint density at radius 3 is 1.27 bits per heavy atom. The number of thiazole rings is 2. The number of imidazole rings is 4. The molecule has 0 spiro atoms. The first-order chi connectivity index (χ1) is 52.0. The second-order valence-electron chi connectivity index (χ2n) is 28.1. The first-order valence-electron chi connectivity index (χ1n) is 34.6. The molecule has 0 amide bonds. The number of nitrogens with one attached hydrogen (secondary N) is 3. The molecule has 26 nitrogen and oxygen atoms in total. The molecule has 0 unspecified atom stereocenters. The number of halogens is 3. The van der Waals surface area contributed by atoms with Crippen LogP contribution in [0, 0.1) is 33.5 Å². The van der Waals surface area contributed by atoms with E-state index >= 15 is 0 Å². The number of nitrogens with two attached hydrogens (primary N) is 1. The van der Waals surface area contributed by atoms with Crippen molar-refractivity contribution in [2.75, 3.05) is 47.4 Å². The van der Waals surface area contributed by atoms with Crippen molar-refractivity contribution in [3.05, 3.63) is 209 Å². The second kappa shape index (κ2) is 40.2. The molecular weight excluding hydrogens is 1610 g/mol. The van der Waals surface area contributed by atoms with E-state index in [1.165, 1.54) is 17.4 Å². The Morgan fingerprint density at radius 2 is 0.902 bits per heavy atom. The lowest BCUT2D eigenvalue weighted by Crippen LogP contribution is -2.20. The van der Waals surface area contributed by atoms with Gasteiger partial charge in [0.15, 0.2) is 26.9 Å². The molecule has 10 heterocycles. The van der Waals surface area contributed by atoms with Gasteiger partial charge < -0.3 is 50.0 Å². The third kappa shape index (κ3) is 24.6. The number of ketones is 2. The number of ether oxygens (including phenoxy) is 2. The summed E-state index contributed by atoms with van der Waals surface area (Å²) in [5.74, 6) is 4.53. The number of carbonyl (C=O) groups excluding carboxylic acids is 2. The van der Waals surface area contributed by atoms with Gasteiger partial charge in [0, 0.05) is 126 Å². The molecule has 13 rings (SSSR count). The number of rotatable bonds is 17. The molecule has 0 atom stereocenters. The number of anilines is 5. The van der Waals surface area contributed by atoms with E-state index in [4.69, 9.17) is 37.5 Å². The number of benzene rings is 3. The number of carbonyl (C=O) groups is 2. The van der Waals surface area contributed by atoms with Gasteiger partial charge in [-0.1, -0.05) is 121 Å². The lowest BCUT2D eigenvalue weighted by atomic mass is 9.92. The molecule has 0 fully saturated rings. The van der Waals surface area contributed by atoms with Crippen LogP contribution in [-0.4, -0.2) is 136 Å². The van der Waals surface area contributed by atoms with Gasteiger partial charge in [0.05, 0.1) is 112 Å². The summed E-state index contributed by atoms with van der Waals surface area (Å²) in [5.41, 5.74) is 19.0. The molecule has 3 aromatic carbocycles. The van der Waals surface area contributed by atoms with Gasteiger partial charge in [0.1, 0.15) is 46.9 Å². The predicted molar refractivity (Wildman–Crippen MR) is 461 cm³/mol. The zero-order valence-electron chi connectivity index (χ0n) is 65.2. The van der Waals surface area contributed by atoms with Crippen LogP contribution < -0.4 is 31.2 Å². The van der Waals surface area contributed by atoms with E-state index in [2.05, 4.69) is 161 Å². The average molecular weight is 1710 g/mol. The summed E-state index contributed by atoms with van der Waals surface area (Å²) in [7, 11) is 8.96. The van der Waals surface area contributed by atoms with Crippen molar-refractivity contribution >= 4 is 111 Å². The predicted octanol–water partition coefficient (Wildman–Crippen LogP) is 17.9. The fourth-order valence-corrected chi connectivity index (χ4v) is 12.4. The number of aliphatic hydroxyl groups excluding tert-OH is 1. The minimum Gasteiger partial charge on any atom is -0.495 e. The second-order valence-corrected chi connectivity index (χ2v) is 31.4. The molecule has 0 bridgehead atoms. The van der Waals surface area contributed by atoms with Crippen molar-refractivity contribution < 1.29 is 28.6 Å². The van der Waals surface area contributed by atoms with Crippen LogP contribution in [0.15, 0.2) is 152 Å². The molecule has 596 valence electrons. The number of aliphatic hydroxyl groups is 1. The third-order valence-electron chi connectivity index (χ3n) is 16.2. The Hall–Kier alpha value is -10.4. The van der Waals surface area contributed by atoms with Crippen molar-refractivity contribution in [1.82, 2.24) is 82.5 Å². The maximum atomic E-state index is 14.7. The number of nitrogens with zero attached hydrogens (tertiary/aromatic N) is 17. The number of hydrogen-bond acceptors (Lipinski definition) is 20. The van der Waals surface area contributed by atoms with E-state index in [1.807, 2.05) is 144 Å². The largest absolute Gasteiger partial charge is 0.495 e. The van der Waals surface area contributed by atoms with Crippen LogP contribution in [0.2, 0.25) is 0 Å². The molecule has 0 aliphatic rings. The van der Waals surface area contributed by atoms with Crippen LogP contribution in [0.25, 0.3) is 45.4 Å². The van der Waals surface area contributed by atoms with Crippen LogP contribution in [-0.2, 0) is 37.4 Å². The number of pyridine rings is 1. The fourth-order valence-electron chi connectivity index (χ4n) is 10.2. The Balaban J connectivity index is 0.000000222. The number of aromatic nitrogens is 17. The Labute approximate surface area is 685 Å². The van der Waals surface area contributed by atoms with Crippen molar-refractivity contribution in [3.63, 3.8) is 0 Å². The number of Topliss-reactive ketones (excluding diaryl/α,β-unsaturated/α-hetero) is 2. The van der Waals surface area contributed by atoms with Gasteiger partial charge >= 0.3 is 0 Å². The molecule has 10 aromatic heterocycles. The standard InChI is InChI=1S/C22H26N6OS.C21H23FN6S.C13H13BrN2O2.C11H10BrN3O.C9H16N4S.C2H6O.2CH4/c1-14-11-28(13-23-14)17-8-7-15(9-18(17)29-6)16-12-30-21(24-16)25-20-10-19(22(2,3)4)26-27(20)5;1-13-10-28(12-23-13)17-7-6-14(8-15(17)22)16-11-29-20(24-16)25-19-9-18(21(2,3)4)26-27(19)5;1-9-7-16(8-15-9)11-4-3-10(12(17)6-14)5-13(11)18-2;1-8-6-15(7-14-8)11-3-2-9(5-13-11)10(16)4-12;1-9(2,3)6-5-7(11-8(10)14)13(4)12-6;1-2-3;;/h7-13H,1-6H3,(H,24,25);6-12H,1-5H3,(H,24,25);3-5,7-8H,6H2,1-2H3;2-3,5-7H,4H2,1H3;5H,1-4H3,(H3,10,11,14);3H,2H2,1H3;2*1H4. The summed E-state index contributed by atoms with van der Waals surface area (Å²) in [6.45, 7) is 28.8. The molecule has 13 aromatic rings. The van der Waals surface area contributed by atoms with Crippen molar-refractivity contribution in [1.29, 1.82) is 0 Å². The highest BCUT2D eigenvalue weighted by atomic mass is 79.9. The highest BCUT2D eigenvalue weighted by Gasteiger charge is 2.23. The van der Waals surface area contributed by atoms with E-state index in [9.17, 15) is 14.0 Å². The maximum absolute atomic E-state index is 14.7. The van der Waals surface area contributed by atoms with E-state index in [0.29, 0.717) is 33.2 Å². The molecule has 0 radical (unpaired) electrons. The number of methoxy groups -OCH3 is 2.